The van der Waals surface area contributed by atoms with Crippen LogP contribution in [0.15, 0.2) is 0 Å². The Hall–Kier alpha value is -0.770. The zero-order valence-electron chi connectivity index (χ0n) is 7.67. The van der Waals surface area contributed by atoms with Crippen molar-refractivity contribution in [1.29, 1.82) is 0 Å². The molecule has 0 saturated carbocycles. The van der Waals surface area contributed by atoms with E-state index in [2.05, 4.69) is 5.48 Å². The van der Waals surface area contributed by atoms with Crippen molar-refractivity contribution in [3.8, 4) is 0 Å². The van der Waals surface area contributed by atoms with Gasteiger partial charge < -0.3 is 9.74 Å². The summed E-state index contributed by atoms with van der Waals surface area (Å²) in [4.78, 5) is 17.7. The first-order valence-corrected chi connectivity index (χ1v) is 4.41. The minimum atomic E-state index is -0.249. The highest BCUT2D eigenvalue weighted by atomic mass is 16.7. The van der Waals surface area contributed by atoms with Crippen molar-refractivity contribution >= 4 is 6.09 Å². The largest absolute Gasteiger partial charge is 0.428 e. The molecule has 1 fully saturated rings. The Balaban J connectivity index is 2.18. The standard InChI is InChI=1S/C8H16N2O2/c1-7(2)9-12-8(11)10-5-3-4-6-10/h7,9H,3-6H2,1-2H3. The van der Waals surface area contributed by atoms with Crippen LogP contribution < -0.4 is 5.48 Å². The van der Waals surface area contributed by atoms with E-state index >= 15 is 0 Å². The number of carbonyl (C=O) groups is 1. The van der Waals surface area contributed by atoms with E-state index in [4.69, 9.17) is 4.84 Å². The van der Waals surface area contributed by atoms with E-state index in [1.54, 1.807) is 4.90 Å². The lowest BCUT2D eigenvalue weighted by Crippen LogP contribution is -2.35. The van der Waals surface area contributed by atoms with E-state index in [0.29, 0.717) is 0 Å². The first kappa shape index (κ1) is 9.32. The van der Waals surface area contributed by atoms with E-state index in [1.807, 2.05) is 13.8 Å². The normalized spacial score (nSPS) is 17.1. The molecule has 1 heterocycles. The van der Waals surface area contributed by atoms with Crippen LogP contribution in [0.25, 0.3) is 0 Å². The van der Waals surface area contributed by atoms with Gasteiger partial charge in [-0.05, 0) is 26.7 Å². The third-order valence-corrected chi connectivity index (χ3v) is 1.75. The van der Waals surface area contributed by atoms with Crippen molar-refractivity contribution in [2.24, 2.45) is 0 Å². The number of amides is 1. The summed E-state index contributed by atoms with van der Waals surface area (Å²) in [6, 6.07) is 0.177. The molecule has 0 atom stereocenters. The second kappa shape index (κ2) is 4.30. The van der Waals surface area contributed by atoms with E-state index in [0.717, 1.165) is 25.9 Å². The number of hydroxylamine groups is 1. The smallest absolute Gasteiger partial charge is 0.353 e. The predicted molar refractivity (Wildman–Crippen MR) is 45.6 cm³/mol. The molecule has 0 radical (unpaired) electrons. The van der Waals surface area contributed by atoms with Crippen molar-refractivity contribution in [1.82, 2.24) is 10.4 Å². The summed E-state index contributed by atoms with van der Waals surface area (Å²) in [5.41, 5.74) is 2.63. The lowest BCUT2D eigenvalue weighted by atomic mass is 10.4. The van der Waals surface area contributed by atoms with Crippen molar-refractivity contribution < 1.29 is 9.63 Å². The molecule has 1 aliphatic rings. The maximum atomic E-state index is 11.2. The molecule has 4 heteroatoms. The van der Waals surface area contributed by atoms with Crippen LogP contribution in [0.1, 0.15) is 26.7 Å². The Bertz CT molecular complexity index is 153. The maximum absolute atomic E-state index is 11.2. The van der Waals surface area contributed by atoms with Crippen molar-refractivity contribution in [3.63, 3.8) is 0 Å². The van der Waals surface area contributed by atoms with Gasteiger partial charge in [0.2, 0.25) is 0 Å². The number of carbonyl (C=O) groups excluding carboxylic acids is 1. The van der Waals surface area contributed by atoms with Gasteiger partial charge in [-0.3, -0.25) is 0 Å². The molecule has 0 aromatic heterocycles. The second-order valence-corrected chi connectivity index (χ2v) is 3.33. The third-order valence-electron chi connectivity index (χ3n) is 1.75. The number of likely N-dealkylation sites (tertiary alicyclic amines) is 1. The molecule has 0 aliphatic carbocycles. The first-order valence-electron chi connectivity index (χ1n) is 4.41. The van der Waals surface area contributed by atoms with E-state index in [-0.39, 0.29) is 12.1 Å². The molecule has 1 saturated heterocycles. The van der Waals surface area contributed by atoms with Gasteiger partial charge in [-0.2, -0.15) is 0 Å². The van der Waals surface area contributed by atoms with Gasteiger partial charge in [0.05, 0.1) is 0 Å². The summed E-state index contributed by atoms with van der Waals surface area (Å²) in [5, 5.41) is 0. The highest BCUT2D eigenvalue weighted by Gasteiger charge is 2.19. The Labute approximate surface area is 72.8 Å². The topological polar surface area (TPSA) is 41.6 Å². The summed E-state index contributed by atoms with van der Waals surface area (Å²) in [7, 11) is 0. The molecule has 0 aromatic rings. The molecular formula is C8H16N2O2. The van der Waals surface area contributed by atoms with Gasteiger partial charge in [0.1, 0.15) is 0 Å². The lowest BCUT2D eigenvalue weighted by Gasteiger charge is -2.15. The molecule has 12 heavy (non-hydrogen) atoms. The molecule has 0 bridgehead atoms. The highest BCUT2D eigenvalue weighted by Crippen LogP contribution is 2.07. The molecule has 4 nitrogen and oxygen atoms in total. The lowest BCUT2D eigenvalue weighted by molar-refractivity contribution is 0.0491. The molecule has 0 spiro atoms. The Morgan fingerprint density at radius 1 is 1.42 bits per heavy atom. The fourth-order valence-electron chi connectivity index (χ4n) is 1.13. The van der Waals surface area contributed by atoms with E-state index < -0.39 is 0 Å². The molecule has 0 unspecified atom stereocenters. The van der Waals surface area contributed by atoms with Gasteiger partial charge in [0, 0.05) is 19.1 Å². The Morgan fingerprint density at radius 3 is 2.50 bits per heavy atom. The summed E-state index contributed by atoms with van der Waals surface area (Å²) in [5.74, 6) is 0. The summed E-state index contributed by atoms with van der Waals surface area (Å²) in [6.07, 6.45) is 1.94. The highest BCUT2D eigenvalue weighted by molar-refractivity contribution is 5.67. The Morgan fingerprint density at radius 2 is 2.00 bits per heavy atom. The molecule has 1 N–H and O–H groups in total. The van der Waals surface area contributed by atoms with Gasteiger partial charge in [-0.1, -0.05) is 0 Å². The first-order chi connectivity index (χ1) is 5.70. The molecule has 1 aliphatic heterocycles. The number of nitrogens with zero attached hydrogens (tertiary/aromatic N) is 1. The quantitative estimate of drug-likeness (QED) is 0.635. The van der Waals surface area contributed by atoms with E-state index in [9.17, 15) is 4.79 Å². The minimum absolute atomic E-state index is 0.177. The molecule has 70 valence electrons. The number of rotatable bonds is 2. The average molecular weight is 172 g/mol. The summed E-state index contributed by atoms with van der Waals surface area (Å²) >= 11 is 0. The zero-order chi connectivity index (χ0) is 8.97. The van der Waals surface area contributed by atoms with Crippen LogP contribution in [0.2, 0.25) is 0 Å². The van der Waals surface area contributed by atoms with Crippen molar-refractivity contribution in [3.05, 3.63) is 0 Å². The monoisotopic (exact) mass is 172 g/mol. The molecular weight excluding hydrogens is 156 g/mol. The van der Waals surface area contributed by atoms with Gasteiger partial charge >= 0.3 is 6.09 Å². The van der Waals surface area contributed by atoms with Crippen LogP contribution in [0.3, 0.4) is 0 Å². The van der Waals surface area contributed by atoms with Crippen LogP contribution in [-0.4, -0.2) is 30.1 Å². The maximum Gasteiger partial charge on any atom is 0.428 e. The Kier molecular flexibility index (Phi) is 3.34. The van der Waals surface area contributed by atoms with Gasteiger partial charge in [0.25, 0.3) is 0 Å². The van der Waals surface area contributed by atoms with Crippen LogP contribution in [0, 0.1) is 0 Å². The van der Waals surface area contributed by atoms with Crippen molar-refractivity contribution in [2.75, 3.05) is 13.1 Å². The van der Waals surface area contributed by atoms with Gasteiger partial charge in [0.15, 0.2) is 0 Å². The zero-order valence-corrected chi connectivity index (χ0v) is 7.67. The molecule has 0 aromatic carbocycles. The second-order valence-electron chi connectivity index (χ2n) is 3.33. The third kappa shape index (κ3) is 2.70. The summed E-state index contributed by atoms with van der Waals surface area (Å²) in [6.45, 7) is 5.52. The SMILES string of the molecule is CC(C)NOC(=O)N1CCCC1. The van der Waals surface area contributed by atoms with Crippen molar-refractivity contribution in [2.45, 2.75) is 32.7 Å². The van der Waals surface area contributed by atoms with Gasteiger partial charge in [-0.15, -0.1) is 5.48 Å². The van der Waals surface area contributed by atoms with Crippen LogP contribution in [-0.2, 0) is 4.84 Å². The van der Waals surface area contributed by atoms with Crippen LogP contribution in [0.5, 0.6) is 0 Å². The average Bonchev–Trinajstić information content (AvgIpc) is 2.51. The fraction of sp³-hybridized carbons (Fsp3) is 0.875. The molecule has 1 rings (SSSR count). The number of hydrogen-bond acceptors (Lipinski definition) is 3. The van der Waals surface area contributed by atoms with Gasteiger partial charge in [-0.25, -0.2) is 4.79 Å². The molecule has 1 amide bonds. The van der Waals surface area contributed by atoms with Crippen LogP contribution >= 0.6 is 0 Å². The summed E-state index contributed by atoms with van der Waals surface area (Å²) < 4.78 is 0. The number of hydrogen-bond donors (Lipinski definition) is 1. The minimum Gasteiger partial charge on any atom is -0.353 e. The van der Waals surface area contributed by atoms with Crippen LogP contribution in [0.4, 0.5) is 4.79 Å². The fourth-order valence-corrected chi connectivity index (χ4v) is 1.13. The number of nitrogens with one attached hydrogen (secondary N) is 1. The van der Waals surface area contributed by atoms with E-state index in [1.165, 1.54) is 0 Å². The predicted octanol–water partition coefficient (Wildman–Crippen LogP) is 1.13.